The summed E-state index contributed by atoms with van der Waals surface area (Å²) in [5.74, 6) is 1.58. The Morgan fingerprint density at radius 3 is 2.41 bits per heavy atom. The van der Waals surface area contributed by atoms with Crippen LogP contribution in [0.2, 0.25) is 0 Å². The van der Waals surface area contributed by atoms with Gasteiger partial charge in [0.2, 0.25) is 5.91 Å². The van der Waals surface area contributed by atoms with E-state index in [9.17, 15) is 9.00 Å². The highest BCUT2D eigenvalue weighted by Gasteiger charge is 2.40. The van der Waals surface area contributed by atoms with Crippen molar-refractivity contribution in [3.8, 4) is 0 Å². The molecular weight excluding hydrogens is 236 g/mol. The van der Waals surface area contributed by atoms with Crippen LogP contribution in [-0.4, -0.2) is 34.2 Å². The highest BCUT2D eigenvalue weighted by Crippen LogP contribution is 2.37. The lowest BCUT2D eigenvalue weighted by Gasteiger charge is -2.30. The van der Waals surface area contributed by atoms with Crippen molar-refractivity contribution in [2.75, 3.05) is 18.1 Å². The molecular formula is C12H22N2O2S. The normalized spacial score (nSPS) is 32.3. The number of hydrogen-bond donors (Lipinski definition) is 2. The monoisotopic (exact) mass is 258 g/mol. The Hall–Kier alpha value is -0.420. The molecule has 1 saturated carbocycles. The molecule has 5 heteroatoms. The Morgan fingerprint density at radius 1 is 1.29 bits per heavy atom. The van der Waals surface area contributed by atoms with Gasteiger partial charge in [-0.05, 0) is 25.7 Å². The van der Waals surface area contributed by atoms with E-state index in [-0.39, 0.29) is 17.4 Å². The second kappa shape index (κ2) is 5.48. The predicted octanol–water partition coefficient (Wildman–Crippen LogP) is 0.533. The van der Waals surface area contributed by atoms with Gasteiger partial charge in [-0.15, -0.1) is 0 Å². The molecule has 0 aromatic heterocycles. The lowest BCUT2D eigenvalue weighted by molar-refractivity contribution is -0.131. The molecule has 0 atom stereocenters. The fraction of sp³-hybridized carbons (Fsp3) is 0.917. The second-order valence-electron chi connectivity index (χ2n) is 5.29. The van der Waals surface area contributed by atoms with Gasteiger partial charge in [0.05, 0.1) is 5.41 Å². The summed E-state index contributed by atoms with van der Waals surface area (Å²) in [4.78, 5) is 12.3. The Morgan fingerprint density at radius 2 is 1.88 bits per heavy atom. The van der Waals surface area contributed by atoms with Gasteiger partial charge in [-0.3, -0.25) is 9.00 Å². The van der Waals surface area contributed by atoms with Gasteiger partial charge in [0.15, 0.2) is 0 Å². The van der Waals surface area contributed by atoms with Gasteiger partial charge in [-0.1, -0.05) is 12.8 Å². The van der Waals surface area contributed by atoms with Crippen LogP contribution in [0.25, 0.3) is 0 Å². The Labute approximate surface area is 105 Å². The summed E-state index contributed by atoms with van der Waals surface area (Å²) in [6.07, 6.45) is 5.76. The first-order valence-electron chi connectivity index (χ1n) is 6.52. The highest BCUT2D eigenvalue weighted by atomic mass is 32.2. The molecule has 2 fully saturated rings. The van der Waals surface area contributed by atoms with Crippen LogP contribution in [0.15, 0.2) is 0 Å². The van der Waals surface area contributed by atoms with Crippen molar-refractivity contribution in [2.24, 2.45) is 11.1 Å². The van der Waals surface area contributed by atoms with Crippen molar-refractivity contribution in [3.63, 3.8) is 0 Å². The maximum absolute atomic E-state index is 12.3. The minimum absolute atomic E-state index is 0.134. The summed E-state index contributed by atoms with van der Waals surface area (Å²) < 4.78 is 11.2. The second-order valence-corrected chi connectivity index (χ2v) is 6.98. The molecule has 1 amide bonds. The SMILES string of the molecule is NCC1(C(=O)NC2CCS(=O)CC2)CCCC1. The molecule has 1 aliphatic carbocycles. The first-order valence-corrected chi connectivity index (χ1v) is 8.01. The predicted molar refractivity (Wildman–Crippen MR) is 69.0 cm³/mol. The molecule has 17 heavy (non-hydrogen) atoms. The minimum atomic E-state index is -0.666. The van der Waals surface area contributed by atoms with Crippen molar-refractivity contribution in [2.45, 2.75) is 44.6 Å². The van der Waals surface area contributed by atoms with Crippen LogP contribution in [0.5, 0.6) is 0 Å². The maximum Gasteiger partial charge on any atom is 0.227 e. The number of nitrogens with one attached hydrogen (secondary N) is 1. The molecule has 2 rings (SSSR count). The van der Waals surface area contributed by atoms with E-state index in [1.807, 2.05) is 0 Å². The molecule has 2 aliphatic rings. The van der Waals surface area contributed by atoms with Crippen molar-refractivity contribution in [1.82, 2.24) is 5.32 Å². The smallest absolute Gasteiger partial charge is 0.227 e. The average molecular weight is 258 g/mol. The van der Waals surface area contributed by atoms with Crippen molar-refractivity contribution < 1.29 is 9.00 Å². The third-order valence-electron chi connectivity index (χ3n) is 4.16. The highest BCUT2D eigenvalue weighted by molar-refractivity contribution is 7.85. The summed E-state index contributed by atoms with van der Waals surface area (Å²) in [7, 11) is -0.666. The van der Waals surface area contributed by atoms with Gasteiger partial charge in [0.1, 0.15) is 0 Å². The van der Waals surface area contributed by atoms with Crippen LogP contribution in [0, 0.1) is 5.41 Å². The quantitative estimate of drug-likeness (QED) is 0.776. The molecule has 0 unspecified atom stereocenters. The molecule has 1 heterocycles. The molecule has 0 bridgehead atoms. The van der Waals surface area contributed by atoms with Gasteiger partial charge in [0.25, 0.3) is 0 Å². The van der Waals surface area contributed by atoms with E-state index in [2.05, 4.69) is 5.32 Å². The third kappa shape index (κ3) is 2.88. The van der Waals surface area contributed by atoms with E-state index in [0.717, 1.165) is 50.0 Å². The first kappa shape index (κ1) is 13.0. The largest absolute Gasteiger partial charge is 0.353 e. The lowest BCUT2D eigenvalue weighted by atomic mass is 9.85. The standard InChI is InChI=1S/C12H22N2O2S/c13-9-12(5-1-2-6-12)11(15)14-10-3-7-17(16)8-4-10/h10H,1-9,13H2,(H,14,15). The summed E-state index contributed by atoms with van der Waals surface area (Å²) in [5, 5.41) is 3.12. The minimum Gasteiger partial charge on any atom is -0.353 e. The Bertz CT molecular complexity index is 304. The van der Waals surface area contributed by atoms with Gasteiger partial charge >= 0.3 is 0 Å². The topological polar surface area (TPSA) is 72.2 Å². The molecule has 0 aromatic rings. The molecule has 3 N–H and O–H groups in total. The number of carbonyl (C=O) groups excluding carboxylic acids is 1. The fourth-order valence-corrected chi connectivity index (χ4v) is 4.15. The molecule has 4 nitrogen and oxygen atoms in total. The van der Waals surface area contributed by atoms with E-state index in [4.69, 9.17) is 5.73 Å². The van der Waals surface area contributed by atoms with Gasteiger partial charge < -0.3 is 11.1 Å². The third-order valence-corrected chi connectivity index (χ3v) is 5.54. The number of hydrogen-bond acceptors (Lipinski definition) is 3. The summed E-state index contributed by atoms with van der Waals surface area (Å²) in [5.41, 5.74) is 5.48. The molecule has 0 aromatic carbocycles. The van der Waals surface area contributed by atoms with Crippen LogP contribution >= 0.6 is 0 Å². The number of nitrogens with two attached hydrogens (primary N) is 1. The van der Waals surface area contributed by atoms with Gasteiger partial charge in [-0.25, -0.2) is 0 Å². The van der Waals surface area contributed by atoms with Crippen LogP contribution in [-0.2, 0) is 15.6 Å². The Kier molecular flexibility index (Phi) is 4.20. The number of amides is 1. The number of rotatable bonds is 3. The number of carbonyl (C=O) groups is 1. The van der Waals surface area contributed by atoms with Gasteiger partial charge in [0, 0.05) is 34.9 Å². The van der Waals surface area contributed by atoms with Crippen LogP contribution < -0.4 is 11.1 Å². The zero-order valence-electron chi connectivity index (χ0n) is 10.2. The maximum atomic E-state index is 12.3. The lowest BCUT2D eigenvalue weighted by Crippen LogP contribution is -2.49. The van der Waals surface area contributed by atoms with Crippen molar-refractivity contribution in [3.05, 3.63) is 0 Å². The van der Waals surface area contributed by atoms with Crippen molar-refractivity contribution in [1.29, 1.82) is 0 Å². The van der Waals surface area contributed by atoms with E-state index in [0.29, 0.717) is 6.54 Å². The molecule has 1 saturated heterocycles. The zero-order valence-corrected chi connectivity index (χ0v) is 11.1. The molecule has 1 aliphatic heterocycles. The van der Waals surface area contributed by atoms with E-state index in [1.165, 1.54) is 0 Å². The fourth-order valence-electron chi connectivity index (χ4n) is 2.85. The van der Waals surface area contributed by atoms with Crippen LogP contribution in [0.1, 0.15) is 38.5 Å². The summed E-state index contributed by atoms with van der Waals surface area (Å²) in [6.45, 7) is 0.456. The molecule has 0 radical (unpaired) electrons. The average Bonchev–Trinajstić information content (AvgIpc) is 2.82. The Balaban J connectivity index is 1.89. The van der Waals surface area contributed by atoms with Crippen molar-refractivity contribution >= 4 is 16.7 Å². The van der Waals surface area contributed by atoms with Gasteiger partial charge in [-0.2, -0.15) is 0 Å². The molecule has 0 spiro atoms. The summed E-state index contributed by atoms with van der Waals surface area (Å²) >= 11 is 0. The molecule has 98 valence electrons. The van der Waals surface area contributed by atoms with Crippen LogP contribution in [0.3, 0.4) is 0 Å². The van der Waals surface area contributed by atoms with E-state index >= 15 is 0 Å². The first-order chi connectivity index (χ1) is 8.16. The van der Waals surface area contributed by atoms with Crippen LogP contribution in [0.4, 0.5) is 0 Å². The van der Waals surface area contributed by atoms with E-state index in [1.54, 1.807) is 0 Å². The zero-order chi connectivity index (χ0) is 12.3. The summed E-state index contributed by atoms with van der Waals surface area (Å²) in [6, 6.07) is 0.212. The van der Waals surface area contributed by atoms with E-state index < -0.39 is 10.8 Å².